The van der Waals surface area contributed by atoms with E-state index in [9.17, 15) is 13.2 Å². The van der Waals surface area contributed by atoms with E-state index in [4.69, 9.17) is 21.5 Å². The van der Waals surface area contributed by atoms with E-state index in [1.165, 1.54) is 12.3 Å². The van der Waals surface area contributed by atoms with Crippen LogP contribution in [0.3, 0.4) is 0 Å². The van der Waals surface area contributed by atoms with E-state index in [1.54, 1.807) is 13.2 Å². The molecule has 2 aromatic heterocycles. The van der Waals surface area contributed by atoms with Crippen molar-refractivity contribution in [2.75, 3.05) is 43.7 Å². The maximum atomic E-state index is 13.3. The molecule has 0 spiro atoms. The van der Waals surface area contributed by atoms with Crippen LogP contribution in [-0.4, -0.2) is 37.3 Å². The minimum Gasteiger partial charge on any atom is -0.394 e. The molecule has 1 aliphatic rings. The first kappa shape index (κ1) is 22.6. The molecule has 4 N–H and O–H groups in total. The van der Waals surface area contributed by atoms with Crippen LogP contribution in [0.5, 0.6) is 0 Å². The van der Waals surface area contributed by atoms with Crippen LogP contribution in [0.4, 0.5) is 30.4 Å². The van der Waals surface area contributed by atoms with Crippen molar-refractivity contribution in [3.63, 3.8) is 0 Å². The SMILES string of the molecule is COCC1(CN(C)c2cc(-c3cnc(C#N)c(C(F)(F)F)c3)nc(N)c2N)CCCC1. The summed E-state index contributed by atoms with van der Waals surface area (Å²) in [6, 6.07) is 3.93. The Morgan fingerprint density at radius 2 is 1.94 bits per heavy atom. The fourth-order valence-corrected chi connectivity index (χ4v) is 4.30. The molecule has 2 heterocycles. The summed E-state index contributed by atoms with van der Waals surface area (Å²) >= 11 is 0. The van der Waals surface area contributed by atoms with E-state index in [2.05, 4.69) is 9.97 Å². The number of nitrogens with zero attached hydrogens (tertiary/aromatic N) is 4. The number of nitrogens with two attached hydrogens (primary N) is 2. The third-order valence-electron chi connectivity index (χ3n) is 5.76. The van der Waals surface area contributed by atoms with Crippen molar-refractivity contribution >= 4 is 17.2 Å². The van der Waals surface area contributed by atoms with Gasteiger partial charge in [-0.15, -0.1) is 0 Å². The van der Waals surface area contributed by atoms with Gasteiger partial charge in [0.05, 0.1) is 29.2 Å². The number of anilines is 3. The maximum absolute atomic E-state index is 13.3. The van der Waals surface area contributed by atoms with Gasteiger partial charge >= 0.3 is 6.18 Å². The Morgan fingerprint density at radius 3 is 2.52 bits per heavy atom. The monoisotopic (exact) mass is 434 g/mol. The molecule has 1 fully saturated rings. The summed E-state index contributed by atoms with van der Waals surface area (Å²) in [5.74, 6) is 0.0180. The lowest BCUT2D eigenvalue weighted by molar-refractivity contribution is -0.138. The third-order valence-corrected chi connectivity index (χ3v) is 5.76. The number of nitrogen functional groups attached to an aromatic ring is 2. The number of methoxy groups -OCH3 is 1. The van der Waals surface area contributed by atoms with Crippen LogP contribution in [0, 0.1) is 16.7 Å². The molecule has 0 saturated heterocycles. The van der Waals surface area contributed by atoms with Crippen LogP contribution in [0.15, 0.2) is 18.3 Å². The topological polar surface area (TPSA) is 114 Å². The van der Waals surface area contributed by atoms with Gasteiger partial charge in [0.25, 0.3) is 0 Å². The van der Waals surface area contributed by atoms with Crippen molar-refractivity contribution in [3.8, 4) is 17.3 Å². The summed E-state index contributed by atoms with van der Waals surface area (Å²) in [5.41, 5.74) is 11.5. The second-order valence-corrected chi connectivity index (χ2v) is 8.05. The highest BCUT2D eigenvalue weighted by molar-refractivity contribution is 5.82. The predicted octanol–water partition coefficient (Wildman–Crippen LogP) is 3.84. The zero-order valence-electron chi connectivity index (χ0n) is 17.5. The van der Waals surface area contributed by atoms with Gasteiger partial charge in [-0.25, -0.2) is 9.97 Å². The van der Waals surface area contributed by atoms with Crippen molar-refractivity contribution in [2.24, 2.45) is 5.41 Å². The lowest BCUT2D eigenvalue weighted by Crippen LogP contribution is -2.37. The van der Waals surface area contributed by atoms with E-state index in [0.29, 0.717) is 18.8 Å². The van der Waals surface area contributed by atoms with E-state index in [0.717, 1.165) is 31.7 Å². The van der Waals surface area contributed by atoms with Crippen molar-refractivity contribution in [3.05, 3.63) is 29.6 Å². The van der Waals surface area contributed by atoms with E-state index in [1.807, 2.05) is 11.9 Å². The van der Waals surface area contributed by atoms with Gasteiger partial charge in [0.15, 0.2) is 5.69 Å². The quantitative estimate of drug-likeness (QED) is 0.710. The molecule has 1 aliphatic carbocycles. The first-order valence-corrected chi connectivity index (χ1v) is 9.84. The number of rotatable bonds is 6. The number of hydrogen-bond donors (Lipinski definition) is 2. The molecular weight excluding hydrogens is 409 g/mol. The Morgan fingerprint density at radius 1 is 1.26 bits per heavy atom. The van der Waals surface area contributed by atoms with Gasteiger partial charge in [0.1, 0.15) is 11.9 Å². The van der Waals surface area contributed by atoms with Crippen LogP contribution in [0.1, 0.15) is 36.9 Å². The molecule has 0 aliphatic heterocycles. The first-order chi connectivity index (χ1) is 14.6. The van der Waals surface area contributed by atoms with Crippen molar-refractivity contribution < 1.29 is 17.9 Å². The third kappa shape index (κ3) is 4.66. The molecule has 0 atom stereocenters. The minimum atomic E-state index is -4.72. The van der Waals surface area contributed by atoms with E-state index >= 15 is 0 Å². The van der Waals surface area contributed by atoms with Gasteiger partial charge in [0, 0.05) is 37.9 Å². The zero-order chi connectivity index (χ0) is 22.8. The summed E-state index contributed by atoms with van der Waals surface area (Å²) in [7, 11) is 3.54. The molecule has 10 heteroatoms. The lowest BCUT2D eigenvalue weighted by atomic mass is 9.86. The van der Waals surface area contributed by atoms with Gasteiger partial charge in [-0.3, -0.25) is 0 Å². The van der Waals surface area contributed by atoms with E-state index in [-0.39, 0.29) is 28.2 Å². The van der Waals surface area contributed by atoms with E-state index < -0.39 is 17.4 Å². The Bertz CT molecular complexity index is 996. The zero-order valence-corrected chi connectivity index (χ0v) is 17.5. The van der Waals surface area contributed by atoms with Crippen LogP contribution in [0.2, 0.25) is 0 Å². The van der Waals surface area contributed by atoms with Crippen LogP contribution < -0.4 is 16.4 Å². The molecule has 1 saturated carbocycles. The minimum absolute atomic E-state index is 0.0180. The molecule has 0 bridgehead atoms. The standard InChI is InChI=1S/C21H25F3N6O/c1-30(11-20(12-31-2)5-3-4-6-20)17-8-15(29-19(27)18(17)26)13-7-14(21(22,23)24)16(9-25)28-10-13/h7-8,10H,3-6,11-12,26H2,1-2H3,(H2,27,29). The Labute approximate surface area is 178 Å². The number of alkyl halides is 3. The van der Waals surface area contributed by atoms with Gasteiger partial charge in [-0.2, -0.15) is 18.4 Å². The number of nitriles is 1. The lowest BCUT2D eigenvalue weighted by Gasteiger charge is -2.34. The fourth-order valence-electron chi connectivity index (χ4n) is 4.30. The molecule has 3 rings (SSSR count). The highest BCUT2D eigenvalue weighted by Crippen LogP contribution is 2.41. The number of pyridine rings is 2. The molecule has 0 amide bonds. The van der Waals surface area contributed by atoms with Gasteiger partial charge < -0.3 is 21.1 Å². The van der Waals surface area contributed by atoms with Crippen molar-refractivity contribution in [1.29, 1.82) is 5.26 Å². The number of aromatic nitrogens is 2. The summed E-state index contributed by atoms with van der Waals surface area (Å²) in [4.78, 5) is 9.77. The summed E-state index contributed by atoms with van der Waals surface area (Å²) in [5, 5.41) is 8.96. The summed E-state index contributed by atoms with van der Waals surface area (Å²) in [6.07, 6.45) is 0.738. The van der Waals surface area contributed by atoms with Gasteiger partial charge in [-0.1, -0.05) is 12.8 Å². The normalized spacial score (nSPS) is 15.6. The number of hydrogen-bond acceptors (Lipinski definition) is 7. The fraction of sp³-hybridized carbons (Fsp3) is 0.476. The molecule has 31 heavy (non-hydrogen) atoms. The average Bonchev–Trinajstić information content (AvgIpc) is 3.17. The number of ether oxygens (including phenoxy) is 1. The highest BCUT2D eigenvalue weighted by atomic mass is 19.4. The second kappa shape index (κ2) is 8.59. The van der Waals surface area contributed by atoms with Crippen LogP contribution in [0.25, 0.3) is 11.3 Å². The van der Waals surface area contributed by atoms with Crippen LogP contribution >= 0.6 is 0 Å². The molecule has 0 unspecified atom stereocenters. The smallest absolute Gasteiger partial charge is 0.394 e. The maximum Gasteiger partial charge on any atom is 0.419 e. The molecular formula is C21H25F3N6O. The van der Waals surface area contributed by atoms with Gasteiger partial charge in [-0.05, 0) is 25.0 Å². The summed E-state index contributed by atoms with van der Waals surface area (Å²) in [6.45, 7) is 1.27. The molecule has 166 valence electrons. The summed E-state index contributed by atoms with van der Waals surface area (Å²) < 4.78 is 45.5. The van der Waals surface area contributed by atoms with Crippen molar-refractivity contribution in [1.82, 2.24) is 9.97 Å². The van der Waals surface area contributed by atoms with Gasteiger partial charge in [0.2, 0.25) is 0 Å². The first-order valence-electron chi connectivity index (χ1n) is 9.84. The molecule has 0 radical (unpaired) electrons. The second-order valence-electron chi connectivity index (χ2n) is 8.05. The highest BCUT2D eigenvalue weighted by Gasteiger charge is 2.36. The number of halogens is 3. The average molecular weight is 434 g/mol. The molecule has 7 nitrogen and oxygen atoms in total. The predicted molar refractivity (Wildman–Crippen MR) is 112 cm³/mol. The molecule has 2 aromatic rings. The van der Waals surface area contributed by atoms with Crippen molar-refractivity contribution in [2.45, 2.75) is 31.9 Å². The Kier molecular flexibility index (Phi) is 6.27. The van der Waals surface area contributed by atoms with Crippen LogP contribution in [-0.2, 0) is 10.9 Å². The molecule has 0 aromatic carbocycles. The Hall–Kier alpha value is -3.06. The largest absolute Gasteiger partial charge is 0.419 e. The Balaban J connectivity index is 2.01.